The summed E-state index contributed by atoms with van der Waals surface area (Å²) in [6.07, 6.45) is 3.14. The van der Waals surface area contributed by atoms with Gasteiger partial charge in [0.15, 0.2) is 0 Å². The number of primary amides is 1. The van der Waals surface area contributed by atoms with Crippen LogP contribution < -0.4 is 5.73 Å². The zero-order valence-corrected chi connectivity index (χ0v) is 18.8. The summed E-state index contributed by atoms with van der Waals surface area (Å²) >= 11 is 0. The molecule has 1 saturated heterocycles. The molecule has 0 radical (unpaired) electrons. The van der Waals surface area contributed by atoms with Gasteiger partial charge in [0.05, 0.1) is 10.8 Å². The Morgan fingerprint density at radius 3 is 2.27 bits per heavy atom. The second kappa shape index (κ2) is 8.78. The normalized spacial score (nSPS) is 30.6. The Hall–Kier alpha value is -2.93. The highest BCUT2D eigenvalue weighted by Gasteiger charge is 2.50. The van der Waals surface area contributed by atoms with Crippen molar-refractivity contribution in [2.75, 3.05) is 13.1 Å². The average Bonchev–Trinajstić information content (AvgIpc) is 2.79. The van der Waals surface area contributed by atoms with Crippen LogP contribution in [0.4, 0.5) is 4.39 Å². The summed E-state index contributed by atoms with van der Waals surface area (Å²) in [4.78, 5) is 27.3. The number of amides is 1. The van der Waals surface area contributed by atoms with Gasteiger partial charge in [0.2, 0.25) is 5.91 Å². The second-order valence-electron chi connectivity index (χ2n) is 9.66. The third-order valence-corrected chi connectivity index (χ3v) is 8.08. The number of aliphatic carboxylic acids is 1. The third-order valence-electron chi connectivity index (χ3n) is 8.08. The van der Waals surface area contributed by atoms with Crippen LogP contribution >= 0.6 is 0 Å². The van der Waals surface area contributed by atoms with E-state index in [0.717, 1.165) is 18.4 Å². The number of likely N-dealkylation sites (tertiary alicyclic amines) is 1. The summed E-state index contributed by atoms with van der Waals surface area (Å²) in [6, 6.07) is 12.9. The lowest BCUT2D eigenvalue weighted by Gasteiger charge is -2.49. The van der Waals surface area contributed by atoms with Crippen molar-refractivity contribution in [2.24, 2.45) is 11.7 Å². The number of piperidine rings is 1. The number of carboxylic acids is 1. The molecular formula is C26H31FN2O4. The molecule has 1 heterocycles. The Morgan fingerprint density at radius 2 is 1.73 bits per heavy atom. The molecule has 1 amide bonds. The van der Waals surface area contributed by atoms with Gasteiger partial charge in [-0.25, -0.2) is 4.39 Å². The number of phenols is 1. The Kier molecular flexibility index (Phi) is 6.18. The fourth-order valence-electron chi connectivity index (χ4n) is 6.06. The van der Waals surface area contributed by atoms with E-state index in [1.807, 2.05) is 6.92 Å². The minimum absolute atomic E-state index is 0.0682. The van der Waals surface area contributed by atoms with E-state index < -0.39 is 16.8 Å². The number of carbonyl (C=O) groups excluding carboxylic acids is 1. The largest absolute Gasteiger partial charge is 0.508 e. The highest BCUT2D eigenvalue weighted by Crippen LogP contribution is 2.45. The topological polar surface area (TPSA) is 104 Å². The number of nitrogens with zero attached hydrogens (tertiary/aromatic N) is 1. The maximum atomic E-state index is 13.4. The Bertz CT molecular complexity index is 1030. The molecule has 2 atom stereocenters. The molecule has 4 N–H and O–H groups in total. The van der Waals surface area contributed by atoms with E-state index in [0.29, 0.717) is 37.9 Å². The highest BCUT2D eigenvalue weighted by atomic mass is 19.1. The zero-order chi connectivity index (χ0) is 23.8. The number of rotatable bonds is 5. The number of halogens is 1. The number of phenolic OH excluding ortho intramolecular Hbond substituents is 1. The molecule has 2 aromatic rings. The summed E-state index contributed by atoms with van der Waals surface area (Å²) in [7, 11) is 0. The van der Waals surface area contributed by atoms with Crippen LogP contribution in [0, 0.1) is 11.7 Å². The summed E-state index contributed by atoms with van der Waals surface area (Å²) in [5.74, 6) is -1.69. The van der Waals surface area contributed by atoms with E-state index in [1.165, 1.54) is 12.1 Å². The van der Waals surface area contributed by atoms with Crippen molar-refractivity contribution in [3.05, 3.63) is 65.5 Å². The first-order chi connectivity index (χ1) is 15.7. The van der Waals surface area contributed by atoms with E-state index in [4.69, 9.17) is 5.73 Å². The maximum Gasteiger partial charge on any atom is 0.314 e. The van der Waals surface area contributed by atoms with Gasteiger partial charge in [-0.3, -0.25) is 9.59 Å². The van der Waals surface area contributed by atoms with Gasteiger partial charge in [-0.05, 0) is 80.0 Å². The Labute approximate surface area is 193 Å². The van der Waals surface area contributed by atoms with Crippen LogP contribution in [0.1, 0.15) is 50.2 Å². The van der Waals surface area contributed by atoms with E-state index >= 15 is 0 Å². The highest BCUT2D eigenvalue weighted by molar-refractivity contribution is 5.87. The predicted molar refractivity (Wildman–Crippen MR) is 122 cm³/mol. The molecule has 4 rings (SSSR count). The number of aromatic hydroxyl groups is 1. The third kappa shape index (κ3) is 3.99. The molecule has 176 valence electrons. The van der Waals surface area contributed by atoms with Crippen molar-refractivity contribution >= 4 is 11.9 Å². The van der Waals surface area contributed by atoms with Crippen LogP contribution in [0.2, 0.25) is 0 Å². The lowest BCUT2D eigenvalue weighted by molar-refractivity contribution is -0.149. The molecule has 0 unspecified atom stereocenters. The zero-order valence-electron chi connectivity index (χ0n) is 18.8. The van der Waals surface area contributed by atoms with Crippen LogP contribution in [-0.2, 0) is 20.4 Å². The van der Waals surface area contributed by atoms with Crippen molar-refractivity contribution in [3.63, 3.8) is 0 Å². The minimum atomic E-state index is -1.05. The molecule has 0 aromatic heterocycles. The van der Waals surface area contributed by atoms with Crippen molar-refractivity contribution in [3.8, 4) is 5.75 Å². The summed E-state index contributed by atoms with van der Waals surface area (Å²) in [5.41, 5.74) is 5.39. The number of hydrogen-bond acceptors (Lipinski definition) is 4. The van der Waals surface area contributed by atoms with E-state index in [9.17, 15) is 24.2 Å². The minimum Gasteiger partial charge on any atom is -0.508 e. The molecule has 2 aliphatic rings. The smallest absolute Gasteiger partial charge is 0.314 e. The number of carbonyl (C=O) groups is 2. The van der Waals surface area contributed by atoms with Crippen LogP contribution in [0.3, 0.4) is 0 Å². The second-order valence-corrected chi connectivity index (χ2v) is 9.66. The molecule has 1 aliphatic heterocycles. The van der Waals surface area contributed by atoms with Gasteiger partial charge in [0.25, 0.3) is 0 Å². The predicted octanol–water partition coefficient (Wildman–Crippen LogP) is 3.56. The van der Waals surface area contributed by atoms with Gasteiger partial charge in [-0.15, -0.1) is 0 Å². The van der Waals surface area contributed by atoms with Gasteiger partial charge in [-0.1, -0.05) is 31.2 Å². The SMILES string of the molecule is C[C@@H]1CN(C2CCC(C(N)=O)(c3ccc(F)cc3)CC2)CC[C@]1(C(=O)O)c1cccc(O)c1. The van der Waals surface area contributed by atoms with E-state index in [-0.39, 0.29) is 29.4 Å². The van der Waals surface area contributed by atoms with Gasteiger partial charge in [-0.2, -0.15) is 0 Å². The van der Waals surface area contributed by atoms with Crippen LogP contribution in [-0.4, -0.2) is 46.1 Å². The van der Waals surface area contributed by atoms with E-state index in [1.54, 1.807) is 36.4 Å². The van der Waals surface area contributed by atoms with Crippen molar-refractivity contribution < 1.29 is 24.2 Å². The van der Waals surface area contributed by atoms with Crippen LogP contribution in [0.5, 0.6) is 5.75 Å². The Balaban J connectivity index is 1.50. The number of hydrogen-bond donors (Lipinski definition) is 3. The quantitative estimate of drug-likeness (QED) is 0.641. The maximum absolute atomic E-state index is 13.4. The molecule has 1 saturated carbocycles. The van der Waals surface area contributed by atoms with Crippen molar-refractivity contribution in [1.29, 1.82) is 0 Å². The fraction of sp³-hybridized carbons (Fsp3) is 0.462. The lowest BCUT2D eigenvalue weighted by Crippen LogP contribution is -2.57. The average molecular weight is 455 g/mol. The standard InChI is InChI=1S/C26H31FN2O4/c1-17-16-29(14-13-26(17,24(32)33)19-3-2-4-22(30)15-19)21-9-11-25(12-10-21,23(28)31)18-5-7-20(27)8-6-18/h2-8,15,17,21,30H,9-14,16H2,1H3,(H2,28,31)(H,32,33)/t17-,21?,25?,26-/m1/s1. The summed E-state index contributed by atoms with van der Waals surface area (Å²) < 4.78 is 13.4. The van der Waals surface area contributed by atoms with Crippen LogP contribution in [0.15, 0.2) is 48.5 Å². The van der Waals surface area contributed by atoms with Gasteiger partial charge < -0.3 is 20.8 Å². The van der Waals surface area contributed by atoms with Gasteiger partial charge >= 0.3 is 5.97 Å². The molecule has 6 nitrogen and oxygen atoms in total. The van der Waals surface area contributed by atoms with Crippen LogP contribution in [0.25, 0.3) is 0 Å². The molecular weight excluding hydrogens is 423 g/mol. The molecule has 0 bridgehead atoms. The molecule has 7 heteroatoms. The number of nitrogens with two attached hydrogens (primary N) is 1. The van der Waals surface area contributed by atoms with Crippen molar-refractivity contribution in [1.82, 2.24) is 4.90 Å². The first-order valence-corrected chi connectivity index (χ1v) is 11.5. The summed E-state index contributed by atoms with van der Waals surface area (Å²) in [5, 5.41) is 20.1. The summed E-state index contributed by atoms with van der Waals surface area (Å²) in [6.45, 7) is 3.20. The first-order valence-electron chi connectivity index (χ1n) is 11.5. The molecule has 1 aliphatic carbocycles. The molecule has 2 aromatic carbocycles. The monoisotopic (exact) mass is 454 g/mol. The number of carboxylic acid groups (broad SMARTS) is 1. The van der Waals surface area contributed by atoms with Crippen molar-refractivity contribution in [2.45, 2.75) is 55.9 Å². The fourth-order valence-corrected chi connectivity index (χ4v) is 6.06. The molecule has 2 fully saturated rings. The Morgan fingerprint density at radius 1 is 1.06 bits per heavy atom. The van der Waals surface area contributed by atoms with Gasteiger partial charge in [0, 0.05) is 12.6 Å². The van der Waals surface area contributed by atoms with E-state index in [2.05, 4.69) is 4.90 Å². The lowest BCUT2D eigenvalue weighted by atomic mass is 9.64. The molecule has 33 heavy (non-hydrogen) atoms. The first kappa shape index (κ1) is 23.2. The molecule has 0 spiro atoms. The number of benzene rings is 2. The van der Waals surface area contributed by atoms with Gasteiger partial charge in [0.1, 0.15) is 11.6 Å².